The van der Waals surface area contributed by atoms with Crippen LogP contribution < -0.4 is 9.62 Å². The van der Waals surface area contributed by atoms with E-state index >= 15 is 0 Å². The molecule has 23 heavy (non-hydrogen) atoms. The number of benzene rings is 2. The third kappa shape index (κ3) is 4.10. The zero-order chi connectivity index (χ0) is 17.2. The van der Waals surface area contributed by atoms with Gasteiger partial charge in [-0.2, -0.15) is 0 Å². The monoisotopic (exact) mass is 447 g/mol. The molecule has 0 fully saturated rings. The van der Waals surface area contributed by atoms with Crippen LogP contribution in [0.3, 0.4) is 0 Å². The minimum absolute atomic E-state index is 0.0379. The smallest absolute Gasteiger partial charge is 0.294 e. The van der Waals surface area contributed by atoms with Gasteiger partial charge in [-0.3, -0.25) is 14.8 Å². The summed E-state index contributed by atoms with van der Waals surface area (Å²) in [7, 11) is -0.212. The second kappa shape index (κ2) is 6.71. The molecule has 0 aromatic heterocycles. The standard InChI is InChI=1S/C14H14IN3O4S/c1-17(2)11-4-6-12(7-5-11)23(21,22)16-13-8-3-10(15)9-14(13)18(19)20/h3-9,16H,1-2H3. The molecule has 0 atom stereocenters. The Bertz CT molecular complexity index is 836. The number of nitrogens with zero attached hydrogens (tertiary/aromatic N) is 2. The molecule has 0 saturated carbocycles. The van der Waals surface area contributed by atoms with E-state index in [9.17, 15) is 18.5 Å². The summed E-state index contributed by atoms with van der Waals surface area (Å²) in [6.07, 6.45) is 0. The highest BCUT2D eigenvalue weighted by atomic mass is 127. The van der Waals surface area contributed by atoms with E-state index in [1.165, 1.54) is 24.3 Å². The number of hydrogen-bond acceptors (Lipinski definition) is 5. The summed E-state index contributed by atoms with van der Waals surface area (Å²) in [4.78, 5) is 12.3. The number of nitro groups is 1. The van der Waals surface area contributed by atoms with Gasteiger partial charge in [0.2, 0.25) is 0 Å². The van der Waals surface area contributed by atoms with Gasteiger partial charge >= 0.3 is 0 Å². The van der Waals surface area contributed by atoms with Gasteiger partial charge in [0.05, 0.1) is 9.82 Å². The molecule has 0 radical (unpaired) electrons. The molecule has 2 aromatic carbocycles. The summed E-state index contributed by atoms with van der Waals surface area (Å²) in [6, 6.07) is 10.5. The Kier molecular flexibility index (Phi) is 5.09. The highest BCUT2D eigenvalue weighted by molar-refractivity contribution is 14.1. The highest BCUT2D eigenvalue weighted by Gasteiger charge is 2.21. The van der Waals surface area contributed by atoms with Gasteiger partial charge in [0, 0.05) is 29.4 Å². The summed E-state index contributed by atoms with van der Waals surface area (Å²) in [6.45, 7) is 0. The van der Waals surface area contributed by atoms with Crippen LogP contribution in [0.15, 0.2) is 47.4 Å². The number of sulfonamides is 1. The van der Waals surface area contributed by atoms with E-state index in [0.717, 1.165) is 5.69 Å². The first-order valence-corrected chi connectivity index (χ1v) is 9.01. The third-order valence-electron chi connectivity index (χ3n) is 3.06. The van der Waals surface area contributed by atoms with Gasteiger partial charge in [-0.1, -0.05) is 0 Å². The lowest BCUT2D eigenvalue weighted by molar-refractivity contribution is -0.384. The quantitative estimate of drug-likeness (QED) is 0.432. The van der Waals surface area contributed by atoms with Gasteiger partial charge < -0.3 is 4.90 Å². The molecule has 0 aliphatic heterocycles. The summed E-state index contributed by atoms with van der Waals surface area (Å²) in [5.41, 5.74) is 0.502. The molecule has 0 saturated heterocycles. The van der Waals surface area contributed by atoms with Crippen molar-refractivity contribution in [3.8, 4) is 0 Å². The zero-order valence-electron chi connectivity index (χ0n) is 12.4. The van der Waals surface area contributed by atoms with Crippen molar-refractivity contribution in [3.05, 3.63) is 56.1 Å². The average molecular weight is 447 g/mol. The summed E-state index contributed by atoms with van der Waals surface area (Å²) in [5, 5.41) is 11.1. The molecule has 2 rings (SSSR count). The molecule has 0 aliphatic carbocycles. The number of nitro benzene ring substituents is 1. The van der Waals surface area contributed by atoms with Crippen molar-refractivity contribution in [1.29, 1.82) is 0 Å². The fraction of sp³-hybridized carbons (Fsp3) is 0.143. The lowest BCUT2D eigenvalue weighted by atomic mass is 10.3. The van der Waals surface area contributed by atoms with Gasteiger partial charge in [0.15, 0.2) is 0 Å². The van der Waals surface area contributed by atoms with E-state index in [4.69, 9.17) is 0 Å². The normalized spacial score (nSPS) is 11.1. The van der Waals surface area contributed by atoms with E-state index in [1.807, 2.05) is 41.6 Å². The van der Waals surface area contributed by atoms with Crippen LogP contribution in [-0.2, 0) is 10.0 Å². The van der Waals surface area contributed by atoms with Crippen LogP contribution in [0.4, 0.5) is 17.1 Å². The Morgan fingerprint density at radius 3 is 2.26 bits per heavy atom. The topological polar surface area (TPSA) is 92.6 Å². The fourth-order valence-electron chi connectivity index (χ4n) is 1.87. The molecule has 0 unspecified atom stereocenters. The van der Waals surface area contributed by atoms with Gasteiger partial charge in [0.1, 0.15) is 5.69 Å². The van der Waals surface area contributed by atoms with Crippen molar-refractivity contribution in [2.75, 3.05) is 23.7 Å². The minimum Gasteiger partial charge on any atom is -0.378 e. The second-order valence-corrected chi connectivity index (χ2v) is 7.84. The lowest BCUT2D eigenvalue weighted by Crippen LogP contribution is -2.15. The predicted octanol–water partition coefficient (Wildman–Crippen LogP) is 3.07. The highest BCUT2D eigenvalue weighted by Crippen LogP contribution is 2.28. The van der Waals surface area contributed by atoms with E-state index in [2.05, 4.69) is 4.72 Å². The van der Waals surface area contributed by atoms with Crippen LogP contribution in [0, 0.1) is 13.7 Å². The first-order valence-electron chi connectivity index (χ1n) is 6.45. The Hall–Kier alpha value is -1.88. The first-order chi connectivity index (χ1) is 10.7. The van der Waals surface area contributed by atoms with Crippen molar-refractivity contribution in [1.82, 2.24) is 0 Å². The maximum atomic E-state index is 12.4. The molecule has 122 valence electrons. The van der Waals surface area contributed by atoms with E-state index < -0.39 is 14.9 Å². The molecule has 0 amide bonds. The van der Waals surface area contributed by atoms with Crippen molar-refractivity contribution in [2.24, 2.45) is 0 Å². The molecule has 2 aromatic rings. The van der Waals surface area contributed by atoms with Crippen LogP contribution in [0.25, 0.3) is 0 Å². The molecular formula is C14H14IN3O4S. The Balaban J connectivity index is 2.37. The summed E-state index contributed by atoms with van der Waals surface area (Å²) >= 11 is 1.93. The summed E-state index contributed by atoms with van der Waals surface area (Å²) < 4.78 is 27.7. The molecule has 0 spiro atoms. The Morgan fingerprint density at radius 2 is 1.74 bits per heavy atom. The largest absolute Gasteiger partial charge is 0.378 e. The van der Waals surface area contributed by atoms with Crippen LogP contribution >= 0.6 is 22.6 Å². The number of hydrogen-bond donors (Lipinski definition) is 1. The van der Waals surface area contributed by atoms with Crippen molar-refractivity contribution >= 4 is 49.7 Å². The molecule has 0 bridgehead atoms. The zero-order valence-corrected chi connectivity index (χ0v) is 15.3. The van der Waals surface area contributed by atoms with Crippen LogP contribution in [0.2, 0.25) is 0 Å². The Labute approximate surface area is 147 Å². The van der Waals surface area contributed by atoms with Gasteiger partial charge in [-0.15, -0.1) is 0 Å². The average Bonchev–Trinajstić information content (AvgIpc) is 2.48. The lowest BCUT2D eigenvalue weighted by Gasteiger charge is -2.13. The second-order valence-electron chi connectivity index (χ2n) is 4.91. The van der Waals surface area contributed by atoms with Crippen LogP contribution in [-0.4, -0.2) is 27.4 Å². The maximum absolute atomic E-state index is 12.4. The first kappa shape index (κ1) is 17.5. The number of rotatable bonds is 5. The number of anilines is 2. The molecule has 1 N–H and O–H groups in total. The number of halogens is 1. The van der Waals surface area contributed by atoms with Crippen molar-refractivity contribution in [2.45, 2.75) is 4.90 Å². The van der Waals surface area contributed by atoms with E-state index in [0.29, 0.717) is 3.57 Å². The van der Waals surface area contributed by atoms with E-state index in [-0.39, 0.29) is 16.3 Å². The van der Waals surface area contributed by atoms with Gasteiger partial charge in [-0.25, -0.2) is 8.42 Å². The van der Waals surface area contributed by atoms with Gasteiger partial charge in [-0.05, 0) is 59.0 Å². The van der Waals surface area contributed by atoms with Crippen molar-refractivity contribution < 1.29 is 13.3 Å². The maximum Gasteiger partial charge on any atom is 0.294 e. The Morgan fingerprint density at radius 1 is 1.13 bits per heavy atom. The molecule has 0 heterocycles. The predicted molar refractivity (Wildman–Crippen MR) is 97.4 cm³/mol. The SMILES string of the molecule is CN(C)c1ccc(S(=O)(=O)Nc2ccc(I)cc2[N+](=O)[O-])cc1. The van der Waals surface area contributed by atoms with Gasteiger partial charge in [0.25, 0.3) is 15.7 Å². The molecule has 9 heteroatoms. The fourth-order valence-corrected chi connectivity index (χ4v) is 3.42. The van der Waals surface area contributed by atoms with Crippen LogP contribution in [0.5, 0.6) is 0 Å². The van der Waals surface area contributed by atoms with E-state index in [1.54, 1.807) is 18.2 Å². The molecule has 7 nitrogen and oxygen atoms in total. The van der Waals surface area contributed by atoms with Crippen molar-refractivity contribution in [3.63, 3.8) is 0 Å². The summed E-state index contributed by atoms with van der Waals surface area (Å²) in [5.74, 6) is 0. The molecular weight excluding hydrogens is 433 g/mol. The number of nitrogens with one attached hydrogen (secondary N) is 1. The van der Waals surface area contributed by atoms with Crippen LogP contribution in [0.1, 0.15) is 0 Å². The molecule has 0 aliphatic rings. The third-order valence-corrected chi connectivity index (χ3v) is 5.12. The minimum atomic E-state index is -3.90.